The van der Waals surface area contributed by atoms with E-state index in [9.17, 15) is 0 Å². The van der Waals surface area contributed by atoms with Crippen molar-refractivity contribution in [1.29, 1.82) is 0 Å². The Balaban J connectivity index is 1.70. The van der Waals surface area contributed by atoms with Crippen molar-refractivity contribution in [3.05, 3.63) is 63.9 Å². The first kappa shape index (κ1) is 15.7. The van der Waals surface area contributed by atoms with Crippen LogP contribution in [0, 0.1) is 0 Å². The van der Waals surface area contributed by atoms with Crippen LogP contribution in [0.3, 0.4) is 0 Å². The molecule has 0 aliphatic heterocycles. The Morgan fingerprint density at radius 2 is 1.96 bits per heavy atom. The smallest absolute Gasteiger partial charge is 0.203 e. The lowest BCUT2D eigenvalue weighted by Crippen LogP contribution is -1.93. The van der Waals surface area contributed by atoms with Crippen molar-refractivity contribution in [2.45, 2.75) is 0 Å². The van der Waals surface area contributed by atoms with Crippen LogP contribution in [0.2, 0.25) is 0 Å². The van der Waals surface area contributed by atoms with Crippen molar-refractivity contribution >= 4 is 38.6 Å². The molecule has 2 aromatic carbocycles. The van der Waals surface area contributed by atoms with E-state index in [-0.39, 0.29) is 0 Å². The monoisotopic (exact) mass is 387 g/mol. The van der Waals surface area contributed by atoms with Gasteiger partial charge in [-0.05, 0) is 24.3 Å². The van der Waals surface area contributed by atoms with Crippen LogP contribution in [0.15, 0.2) is 63.5 Å². The number of nitrogens with zero attached hydrogens (tertiary/aromatic N) is 2. The number of ether oxygens (including phenoxy) is 1. The molecule has 0 saturated heterocycles. The van der Waals surface area contributed by atoms with Crippen LogP contribution in [-0.2, 0) is 0 Å². The number of hydrazone groups is 1. The molecule has 0 spiro atoms. The van der Waals surface area contributed by atoms with E-state index in [0.29, 0.717) is 0 Å². The van der Waals surface area contributed by atoms with Crippen molar-refractivity contribution in [2.75, 3.05) is 12.5 Å². The van der Waals surface area contributed by atoms with E-state index in [1.165, 1.54) is 11.3 Å². The number of halogens is 1. The zero-order chi connectivity index (χ0) is 16.1. The summed E-state index contributed by atoms with van der Waals surface area (Å²) in [6, 6.07) is 15.8. The van der Waals surface area contributed by atoms with Crippen LogP contribution in [-0.4, -0.2) is 18.3 Å². The van der Waals surface area contributed by atoms with Gasteiger partial charge in [-0.15, -0.1) is 11.3 Å². The van der Waals surface area contributed by atoms with Gasteiger partial charge in [0.1, 0.15) is 5.75 Å². The SMILES string of the molecule is COc1ccccc1/C=N/Nc1nc(-c2ccc(Br)cc2)cs1. The lowest BCUT2D eigenvalue weighted by atomic mass is 10.2. The first-order valence-corrected chi connectivity index (χ1v) is 8.57. The number of para-hydroxylation sites is 1. The van der Waals surface area contributed by atoms with E-state index in [1.807, 2.05) is 53.9 Å². The minimum Gasteiger partial charge on any atom is -0.496 e. The molecule has 116 valence electrons. The Morgan fingerprint density at radius 3 is 2.74 bits per heavy atom. The van der Waals surface area contributed by atoms with Gasteiger partial charge in [0.25, 0.3) is 0 Å². The first-order chi connectivity index (χ1) is 11.3. The van der Waals surface area contributed by atoms with Crippen molar-refractivity contribution < 1.29 is 4.74 Å². The fraction of sp³-hybridized carbons (Fsp3) is 0.0588. The maximum atomic E-state index is 5.28. The van der Waals surface area contributed by atoms with Crippen LogP contribution < -0.4 is 10.2 Å². The summed E-state index contributed by atoms with van der Waals surface area (Å²) >= 11 is 4.95. The maximum absolute atomic E-state index is 5.28. The number of aromatic nitrogens is 1. The molecule has 0 amide bonds. The van der Waals surface area contributed by atoms with E-state index in [2.05, 4.69) is 31.4 Å². The van der Waals surface area contributed by atoms with Crippen LogP contribution >= 0.6 is 27.3 Å². The number of hydrogen-bond acceptors (Lipinski definition) is 5. The van der Waals surface area contributed by atoms with Crippen molar-refractivity contribution in [2.24, 2.45) is 5.10 Å². The molecule has 1 N–H and O–H groups in total. The molecule has 3 rings (SSSR count). The van der Waals surface area contributed by atoms with Crippen LogP contribution in [0.4, 0.5) is 5.13 Å². The molecular formula is C17H14BrN3OS. The van der Waals surface area contributed by atoms with Crippen molar-refractivity contribution in [3.8, 4) is 17.0 Å². The van der Waals surface area contributed by atoms with Gasteiger partial charge < -0.3 is 4.74 Å². The molecule has 1 aromatic heterocycles. The highest BCUT2D eigenvalue weighted by atomic mass is 79.9. The normalized spacial score (nSPS) is 10.9. The molecule has 0 unspecified atom stereocenters. The van der Waals surface area contributed by atoms with Gasteiger partial charge in [-0.3, -0.25) is 5.43 Å². The number of rotatable bonds is 5. The molecule has 6 heteroatoms. The van der Waals surface area contributed by atoms with E-state index in [1.54, 1.807) is 13.3 Å². The predicted octanol–water partition coefficient (Wildman–Crippen LogP) is 5.03. The average Bonchev–Trinajstić information content (AvgIpc) is 3.05. The van der Waals surface area contributed by atoms with E-state index < -0.39 is 0 Å². The Kier molecular flexibility index (Phi) is 5.05. The number of hydrogen-bond donors (Lipinski definition) is 1. The third-order valence-corrected chi connectivity index (χ3v) is 4.42. The fourth-order valence-corrected chi connectivity index (χ4v) is 2.94. The highest BCUT2D eigenvalue weighted by molar-refractivity contribution is 9.10. The molecule has 0 fully saturated rings. The summed E-state index contributed by atoms with van der Waals surface area (Å²) < 4.78 is 6.34. The zero-order valence-electron chi connectivity index (χ0n) is 12.4. The quantitative estimate of drug-likeness (QED) is 0.493. The van der Waals surface area contributed by atoms with E-state index in [4.69, 9.17) is 4.74 Å². The number of methoxy groups -OCH3 is 1. The van der Waals surface area contributed by atoms with Gasteiger partial charge in [0.15, 0.2) is 0 Å². The van der Waals surface area contributed by atoms with Crippen molar-refractivity contribution in [1.82, 2.24) is 4.98 Å². The predicted molar refractivity (Wildman–Crippen MR) is 99.5 cm³/mol. The van der Waals surface area contributed by atoms with Gasteiger partial charge in [-0.2, -0.15) is 5.10 Å². The molecule has 0 saturated carbocycles. The maximum Gasteiger partial charge on any atom is 0.203 e. The topological polar surface area (TPSA) is 46.5 Å². The molecular weight excluding hydrogens is 374 g/mol. The lowest BCUT2D eigenvalue weighted by molar-refractivity contribution is 0.414. The molecule has 0 radical (unpaired) electrons. The van der Waals surface area contributed by atoms with E-state index >= 15 is 0 Å². The molecule has 3 aromatic rings. The first-order valence-electron chi connectivity index (χ1n) is 6.90. The van der Waals surface area contributed by atoms with E-state index in [0.717, 1.165) is 32.2 Å². The molecule has 0 atom stereocenters. The lowest BCUT2D eigenvalue weighted by Gasteiger charge is -2.02. The van der Waals surface area contributed by atoms with Crippen LogP contribution in [0.5, 0.6) is 5.75 Å². The van der Waals surface area contributed by atoms with Gasteiger partial charge in [-0.25, -0.2) is 4.98 Å². The average molecular weight is 388 g/mol. The summed E-state index contributed by atoms with van der Waals surface area (Å²) in [5, 5.41) is 6.98. The summed E-state index contributed by atoms with van der Waals surface area (Å²) in [4.78, 5) is 4.53. The second-order valence-electron chi connectivity index (χ2n) is 4.66. The Hall–Kier alpha value is -2.18. The van der Waals surface area contributed by atoms with Gasteiger partial charge in [0.2, 0.25) is 5.13 Å². The largest absolute Gasteiger partial charge is 0.496 e. The Labute approximate surface area is 147 Å². The summed E-state index contributed by atoms with van der Waals surface area (Å²) in [6.07, 6.45) is 1.72. The van der Waals surface area contributed by atoms with Gasteiger partial charge in [0.05, 0.1) is 19.0 Å². The van der Waals surface area contributed by atoms with Gasteiger partial charge in [-0.1, -0.05) is 40.2 Å². The highest BCUT2D eigenvalue weighted by Crippen LogP contribution is 2.26. The van der Waals surface area contributed by atoms with Gasteiger partial charge in [0, 0.05) is 21.0 Å². The van der Waals surface area contributed by atoms with Crippen LogP contribution in [0.25, 0.3) is 11.3 Å². The molecule has 4 nitrogen and oxygen atoms in total. The third-order valence-electron chi connectivity index (χ3n) is 3.15. The number of nitrogens with one attached hydrogen (secondary N) is 1. The van der Waals surface area contributed by atoms with Crippen LogP contribution in [0.1, 0.15) is 5.56 Å². The standard InChI is InChI=1S/C17H14BrN3OS/c1-22-16-5-3-2-4-13(16)10-19-21-17-20-15(11-23-17)12-6-8-14(18)9-7-12/h2-11H,1H3,(H,20,21)/b19-10+. The minimum atomic E-state index is 0.745. The summed E-state index contributed by atoms with van der Waals surface area (Å²) in [6.45, 7) is 0. The van der Waals surface area contributed by atoms with Crippen molar-refractivity contribution in [3.63, 3.8) is 0 Å². The number of anilines is 1. The Bertz CT molecular complexity index is 815. The summed E-state index contributed by atoms with van der Waals surface area (Å²) in [7, 11) is 1.64. The second-order valence-corrected chi connectivity index (χ2v) is 6.43. The number of benzene rings is 2. The molecule has 0 aliphatic rings. The molecule has 0 aliphatic carbocycles. The van der Waals surface area contributed by atoms with Gasteiger partial charge >= 0.3 is 0 Å². The Morgan fingerprint density at radius 1 is 1.17 bits per heavy atom. The second kappa shape index (κ2) is 7.39. The molecule has 1 heterocycles. The highest BCUT2D eigenvalue weighted by Gasteiger charge is 2.04. The summed E-state index contributed by atoms with van der Waals surface area (Å²) in [5.74, 6) is 0.785. The zero-order valence-corrected chi connectivity index (χ0v) is 14.8. The molecule has 0 bridgehead atoms. The number of thiazole rings is 1. The summed E-state index contributed by atoms with van der Waals surface area (Å²) in [5.41, 5.74) is 5.87. The third kappa shape index (κ3) is 3.97. The fourth-order valence-electron chi connectivity index (χ4n) is 2.01. The minimum absolute atomic E-state index is 0.745. The molecule has 23 heavy (non-hydrogen) atoms.